The topological polar surface area (TPSA) is 61.0 Å². The minimum absolute atomic E-state index is 0.199. The number of methoxy groups -OCH3 is 2. The smallest absolute Gasteiger partial charge is 0.219 e. The van der Waals surface area contributed by atoms with Crippen LogP contribution in [0.1, 0.15) is 45.1 Å². The molecule has 7 nitrogen and oxygen atoms in total. The molecule has 1 amide bonds. The van der Waals surface area contributed by atoms with Gasteiger partial charge in [-0.25, -0.2) is 0 Å². The maximum atomic E-state index is 11.7. The first-order valence-electron chi connectivity index (χ1n) is 13.5. The molecule has 2 saturated heterocycles. The summed E-state index contributed by atoms with van der Waals surface area (Å²) in [5, 5.41) is 1.29. The van der Waals surface area contributed by atoms with E-state index in [2.05, 4.69) is 59.0 Å². The maximum absolute atomic E-state index is 11.7. The van der Waals surface area contributed by atoms with Gasteiger partial charge >= 0.3 is 0 Å². The Morgan fingerprint density at radius 3 is 2.24 bits per heavy atom. The van der Waals surface area contributed by atoms with E-state index in [-0.39, 0.29) is 5.91 Å². The molecular weight excluding hydrogens is 464 g/mol. The molecule has 1 aromatic heterocycles. The molecule has 2 aliphatic heterocycles. The number of hydrogen-bond donors (Lipinski definition) is 1. The van der Waals surface area contributed by atoms with Gasteiger partial charge < -0.3 is 24.3 Å². The highest BCUT2D eigenvalue weighted by molar-refractivity contribution is 5.94. The monoisotopic (exact) mass is 504 g/mol. The lowest BCUT2D eigenvalue weighted by atomic mass is 9.95. The van der Waals surface area contributed by atoms with Crippen molar-refractivity contribution < 1.29 is 14.3 Å². The molecule has 2 fully saturated rings. The van der Waals surface area contributed by atoms with Gasteiger partial charge in [0.25, 0.3) is 0 Å². The van der Waals surface area contributed by atoms with Crippen molar-refractivity contribution in [3.8, 4) is 22.8 Å². The number of anilines is 1. The lowest BCUT2D eigenvalue weighted by molar-refractivity contribution is -0.130. The second-order valence-electron chi connectivity index (χ2n) is 10.6. The van der Waals surface area contributed by atoms with E-state index < -0.39 is 0 Å². The Balaban J connectivity index is 1.35. The van der Waals surface area contributed by atoms with E-state index in [1.54, 1.807) is 21.1 Å². The number of fused-ring (bicyclic) bond motifs is 1. The van der Waals surface area contributed by atoms with Gasteiger partial charge in [-0.1, -0.05) is 13.8 Å². The van der Waals surface area contributed by atoms with Crippen LogP contribution in [0.5, 0.6) is 11.5 Å². The number of hydrogen-bond acceptors (Lipinski definition) is 5. The van der Waals surface area contributed by atoms with Crippen LogP contribution in [-0.4, -0.2) is 80.2 Å². The van der Waals surface area contributed by atoms with Crippen molar-refractivity contribution in [1.82, 2.24) is 14.8 Å². The van der Waals surface area contributed by atoms with E-state index in [4.69, 9.17) is 9.47 Å². The average Bonchev–Trinajstić information content (AvgIpc) is 3.32. The molecule has 2 aliphatic rings. The fourth-order valence-electron chi connectivity index (χ4n) is 6.11. The molecule has 0 saturated carbocycles. The zero-order chi connectivity index (χ0) is 26.1. The van der Waals surface area contributed by atoms with Crippen molar-refractivity contribution in [2.24, 2.45) is 0 Å². The Kier molecular flexibility index (Phi) is 7.33. The number of H-pyrrole nitrogens is 1. The summed E-state index contributed by atoms with van der Waals surface area (Å²) in [5.41, 5.74) is 6.04. The lowest BCUT2D eigenvalue weighted by Crippen LogP contribution is -2.54. The highest BCUT2D eigenvalue weighted by Crippen LogP contribution is 2.40. The molecule has 0 spiro atoms. The molecule has 3 heterocycles. The molecule has 1 N–H and O–H groups in total. The van der Waals surface area contributed by atoms with Crippen LogP contribution in [-0.2, 0) is 4.79 Å². The van der Waals surface area contributed by atoms with Crippen LogP contribution >= 0.6 is 0 Å². The molecule has 0 radical (unpaired) electrons. The first-order valence-corrected chi connectivity index (χ1v) is 13.5. The number of carbonyl (C=O) groups excluding carboxylic acids is 1. The minimum atomic E-state index is 0.199. The number of carbonyl (C=O) groups is 1. The maximum Gasteiger partial charge on any atom is 0.219 e. The molecule has 0 atom stereocenters. The molecule has 2 aromatic carbocycles. The molecule has 0 bridgehead atoms. The fraction of sp³-hybridized carbons (Fsp3) is 0.500. The van der Waals surface area contributed by atoms with E-state index in [1.807, 2.05) is 11.0 Å². The number of ether oxygens (including phenoxy) is 2. The van der Waals surface area contributed by atoms with E-state index in [1.165, 1.54) is 29.5 Å². The van der Waals surface area contributed by atoms with Crippen molar-refractivity contribution >= 4 is 22.5 Å². The van der Waals surface area contributed by atoms with Crippen LogP contribution < -0.4 is 14.4 Å². The number of amides is 1. The molecule has 3 aromatic rings. The van der Waals surface area contributed by atoms with Gasteiger partial charge in [0.05, 0.1) is 19.9 Å². The quantitative estimate of drug-likeness (QED) is 0.506. The third-order valence-electron chi connectivity index (χ3n) is 8.18. The first kappa shape index (κ1) is 25.5. The second kappa shape index (κ2) is 10.7. The number of benzene rings is 2. The van der Waals surface area contributed by atoms with Gasteiger partial charge in [-0.15, -0.1) is 0 Å². The van der Waals surface area contributed by atoms with Gasteiger partial charge in [-0.2, -0.15) is 0 Å². The first-order chi connectivity index (χ1) is 17.9. The molecule has 0 aliphatic carbocycles. The van der Waals surface area contributed by atoms with Crippen LogP contribution in [0.25, 0.3) is 22.2 Å². The summed E-state index contributed by atoms with van der Waals surface area (Å²) in [6.45, 7) is 12.0. The molecule has 198 valence electrons. The average molecular weight is 505 g/mol. The molecule has 37 heavy (non-hydrogen) atoms. The Morgan fingerprint density at radius 1 is 0.919 bits per heavy atom. The molecular formula is C30H40N4O3. The van der Waals surface area contributed by atoms with Gasteiger partial charge in [0.1, 0.15) is 0 Å². The Labute approximate surface area is 220 Å². The largest absolute Gasteiger partial charge is 0.493 e. The van der Waals surface area contributed by atoms with Crippen molar-refractivity contribution in [3.05, 3.63) is 42.0 Å². The number of aromatic nitrogens is 1. The zero-order valence-corrected chi connectivity index (χ0v) is 22.8. The molecule has 5 rings (SSSR count). The SMILES string of the molecule is COc1ccc(-c2[nH]c3ccc(N4CCC(N5CCN(C(C)=O)CC5)CC4)cc3c2C(C)C)cc1OC. The standard InChI is InChI=1S/C30H40N4O3/c1-20(2)29-25-19-24(33-12-10-23(11-13-33)34-16-14-32(15-17-34)21(3)35)7-8-26(25)31-30(29)22-6-9-27(36-4)28(18-22)37-5/h6-9,18-20,23,31H,10-17H2,1-5H3. The number of aromatic amines is 1. The number of rotatable bonds is 6. The van der Waals surface area contributed by atoms with Crippen LogP contribution in [0.15, 0.2) is 36.4 Å². The van der Waals surface area contributed by atoms with Crippen molar-refractivity contribution in [1.29, 1.82) is 0 Å². The third kappa shape index (κ3) is 5.01. The van der Waals surface area contributed by atoms with Crippen molar-refractivity contribution in [2.75, 3.05) is 58.4 Å². The molecule has 7 heteroatoms. The lowest BCUT2D eigenvalue weighted by Gasteiger charge is -2.43. The molecule has 0 unspecified atom stereocenters. The van der Waals surface area contributed by atoms with Crippen LogP contribution in [0.4, 0.5) is 5.69 Å². The number of piperazine rings is 1. The van der Waals surface area contributed by atoms with E-state index in [9.17, 15) is 4.79 Å². The summed E-state index contributed by atoms with van der Waals surface area (Å²) < 4.78 is 11.0. The fourth-order valence-corrected chi connectivity index (χ4v) is 6.11. The summed E-state index contributed by atoms with van der Waals surface area (Å²) in [6.07, 6.45) is 2.33. The summed E-state index contributed by atoms with van der Waals surface area (Å²) >= 11 is 0. The Hall–Kier alpha value is -3.19. The normalized spacial score (nSPS) is 17.6. The van der Waals surface area contributed by atoms with E-state index in [0.717, 1.165) is 67.5 Å². The van der Waals surface area contributed by atoms with Crippen LogP contribution in [0.3, 0.4) is 0 Å². The summed E-state index contributed by atoms with van der Waals surface area (Å²) in [5.74, 6) is 2.04. The number of nitrogens with one attached hydrogen (secondary N) is 1. The Bertz CT molecular complexity index is 1250. The van der Waals surface area contributed by atoms with Crippen LogP contribution in [0, 0.1) is 0 Å². The van der Waals surface area contributed by atoms with Crippen LogP contribution in [0.2, 0.25) is 0 Å². The predicted molar refractivity (Wildman–Crippen MR) is 150 cm³/mol. The predicted octanol–water partition coefficient (Wildman–Crippen LogP) is 5.11. The van der Waals surface area contributed by atoms with Gasteiger partial charge in [0, 0.05) is 74.4 Å². The second-order valence-corrected chi connectivity index (χ2v) is 10.6. The summed E-state index contributed by atoms with van der Waals surface area (Å²) in [4.78, 5) is 22.5. The van der Waals surface area contributed by atoms with Gasteiger partial charge in [0.15, 0.2) is 11.5 Å². The zero-order valence-electron chi connectivity index (χ0n) is 22.8. The van der Waals surface area contributed by atoms with Gasteiger partial charge in [0.2, 0.25) is 5.91 Å². The highest BCUT2D eigenvalue weighted by atomic mass is 16.5. The van der Waals surface area contributed by atoms with E-state index >= 15 is 0 Å². The summed E-state index contributed by atoms with van der Waals surface area (Å²) in [7, 11) is 3.34. The van der Waals surface area contributed by atoms with E-state index in [0.29, 0.717) is 12.0 Å². The minimum Gasteiger partial charge on any atom is -0.493 e. The van der Waals surface area contributed by atoms with Crippen molar-refractivity contribution in [2.45, 2.75) is 45.6 Å². The highest BCUT2D eigenvalue weighted by Gasteiger charge is 2.28. The van der Waals surface area contributed by atoms with Gasteiger partial charge in [-0.3, -0.25) is 9.69 Å². The summed E-state index contributed by atoms with van der Waals surface area (Å²) in [6, 6.07) is 13.6. The number of nitrogens with zero attached hydrogens (tertiary/aromatic N) is 3. The van der Waals surface area contributed by atoms with Gasteiger partial charge in [-0.05, 0) is 60.7 Å². The Morgan fingerprint density at radius 2 is 1.62 bits per heavy atom. The number of piperidine rings is 1. The third-order valence-corrected chi connectivity index (χ3v) is 8.18. The van der Waals surface area contributed by atoms with Crippen molar-refractivity contribution in [3.63, 3.8) is 0 Å².